The van der Waals surface area contributed by atoms with Crippen LogP contribution in [0.5, 0.6) is 0 Å². The molecule has 30 heavy (non-hydrogen) atoms. The monoisotopic (exact) mass is 406 g/mol. The van der Waals surface area contributed by atoms with Crippen LogP contribution in [0.2, 0.25) is 0 Å². The van der Waals surface area contributed by atoms with Gasteiger partial charge in [0.1, 0.15) is 5.82 Å². The number of hydrogen-bond acceptors (Lipinski definition) is 3. The Morgan fingerprint density at radius 3 is 2.77 bits per heavy atom. The summed E-state index contributed by atoms with van der Waals surface area (Å²) in [7, 11) is 0. The molecule has 2 atom stereocenters. The molecule has 5 rings (SSSR count). The van der Waals surface area contributed by atoms with E-state index in [1.807, 2.05) is 22.7 Å². The lowest BCUT2D eigenvalue weighted by atomic mass is 9.88. The normalized spacial score (nSPS) is 24.3. The molecule has 2 fully saturated rings. The van der Waals surface area contributed by atoms with Gasteiger partial charge in [-0.1, -0.05) is 37.1 Å². The van der Waals surface area contributed by atoms with E-state index >= 15 is 0 Å². The number of rotatable bonds is 4. The van der Waals surface area contributed by atoms with E-state index in [2.05, 4.69) is 34.7 Å². The number of nitrogens with zero attached hydrogens (tertiary/aromatic N) is 3. The molecule has 0 radical (unpaired) electrons. The summed E-state index contributed by atoms with van der Waals surface area (Å²) in [6, 6.07) is 9.01. The second-order valence-corrected chi connectivity index (χ2v) is 9.10. The van der Waals surface area contributed by atoms with Crippen molar-refractivity contribution < 1.29 is 9.59 Å². The Kier molecular flexibility index (Phi) is 5.09. The number of aromatic nitrogens is 2. The summed E-state index contributed by atoms with van der Waals surface area (Å²) >= 11 is 0. The molecule has 1 N–H and O–H groups in total. The second-order valence-electron chi connectivity index (χ2n) is 9.10. The Bertz CT molecular complexity index is 960. The summed E-state index contributed by atoms with van der Waals surface area (Å²) in [6.07, 6.45) is 9.90. The van der Waals surface area contributed by atoms with Crippen molar-refractivity contribution in [1.82, 2.24) is 14.7 Å². The molecule has 1 aromatic carbocycles. The third-order valence-corrected chi connectivity index (χ3v) is 7.15. The van der Waals surface area contributed by atoms with Gasteiger partial charge in [0.05, 0.1) is 18.2 Å². The molecule has 6 heteroatoms. The van der Waals surface area contributed by atoms with Crippen molar-refractivity contribution in [3.8, 4) is 0 Å². The van der Waals surface area contributed by atoms with E-state index in [4.69, 9.17) is 0 Å². The van der Waals surface area contributed by atoms with Crippen molar-refractivity contribution in [2.24, 2.45) is 5.92 Å². The van der Waals surface area contributed by atoms with Crippen molar-refractivity contribution >= 4 is 17.6 Å². The Labute approximate surface area is 177 Å². The quantitative estimate of drug-likeness (QED) is 0.839. The molecule has 0 bridgehead atoms. The van der Waals surface area contributed by atoms with E-state index < -0.39 is 0 Å². The first-order valence-corrected chi connectivity index (χ1v) is 11.3. The number of fused-ring (bicyclic) bond motifs is 1. The van der Waals surface area contributed by atoms with Crippen LogP contribution in [0.4, 0.5) is 5.82 Å². The molecular weight excluding hydrogens is 376 g/mol. The Balaban J connectivity index is 1.35. The molecule has 1 saturated heterocycles. The van der Waals surface area contributed by atoms with Crippen LogP contribution in [-0.2, 0) is 16.0 Å². The number of hydrogen-bond donors (Lipinski definition) is 1. The van der Waals surface area contributed by atoms with Gasteiger partial charge in [0, 0.05) is 24.6 Å². The van der Waals surface area contributed by atoms with Crippen molar-refractivity contribution in [2.75, 3.05) is 11.9 Å². The maximum absolute atomic E-state index is 13.1. The fraction of sp³-hybridized carbons (Fsp3) is 0.542. The minimum Gasteiger partial charge on any atom is -0.339 e. The van der Waals surface area contributed by atoms with Crippen molar-refractivity contribution in [1.29, 1.82) is 0 Å². The van der Waals surface area contributed by atoms with Crippen LogP contribution in [0.25, 0.3) is 0 Å². The van der Waals surface area contributed by atoms with Crippen LogP contribution in [-0.4, -0.2) is 39.1 Å². The summed E-state index contributed by atoms with van der Waals surface area (Å²) in [5.74, 6) is 0.569. The number of carbonyl (C=O) groups excluding carboxylic acids is 2. The summed E-state index contributed by atoms with van der Waals surface area (Å²) in [5, 5.41) is 7.78. The van der Waals surface area contributed by atoms with Gasteiger partial charge in [0.25, 0.3) is 0 Å². The first-order chi connectivity index (χ1) is 14.6. The Morgan fingerprint density at radius 1 is 1.13 bits per heavy atom. The van der Waals surface area contributed by atoms with E-state index in [1.54, 1.807) is 0 Å². The van der Waals surface area contributed by atoms with Crippen LogP contribution >= 0.6 is 0 Å². The largest absolute Gasteiger partial charge is 0.339 e. The number of carbonyl (C=O) groups is 2. The van der Waals surface area contributed by atoms with Gasteiger partial charge >= 0.3 is 0 Å². The molecule has 2 aromatic rings. The number of nitrogens with one attached hydrogen (secondary N) is 1. The molecule has 6 nitrogen and oxygen atoms in total. The maximum atomic E-state index is 13.1. The average Bonchev–Trinajstić information content (AvgIpc) is 3.49. The molecule has 3 aliphatic rings. The predicted molar refractivity (Wildman–Crippen MR) is 115 cm³/mol. The summed E-state index contributed by atoms with van der Waals surface area (Å²) in [4.78, 5) is 27.6. The lowest BCUT2D eigenvalue weighted by Gasteiger charge is -2.27. The van der Waals surface area contributed by atoms with Crippen LogP contribution in [0, 0.1) is 12.8 Å². The molecular formula is C24H30N4O2. The molecule has 1 aliphatic heterocycles. The third kappa shape index (κ3) is 3.42. The van der Waals surface area contributed by atoms with E-state index in [9.17, 15) is 9.59 Å². The standard InChI is InChI=1S/C24H30N4O2/c1-16-14-25-28(21-12-6-8-17-7-2-5-11-20(17)21)23(16)26-24(30)18-13-22(29)27(15-18)19-9-3-4-10-19/h2,5,7,11,14,18-19,21H,3-4,6,8-10,12-13,15H2,1H3,(H,26,30). The highest BCUT2D eigenvalue weighted by atomic mass is 16.2. The van der Waals surface area contributed by atoms with Gasteiger partial charge in [0.15, 0.2) is 0 Å². The van der Waals surface area contributed by atoms with E-state index in [-0.39, 0.29) is 23.8 Å². The second kappa shape index (κ2) is 7.89. The van der Waals surface area contributed by atoms with Crippen molar-refractivity contribution in [2.45, 2.75) is 70.4 Å². The number of amides is 2. The van der Waals surface area contributed by atoms with Gasteiger partial charge in [-0.3, -0.25) is 9.59 Å². The highest BCUT2D eigenvalue weighted by molar-refractivity contribution is 5.97. The van der Waals surface area contributed by atoms with E-state index in [0.29, 0.717) is 19.0 Å². The molecule has 2 heterocycles. The van der Waals surface area contributed by atoms with Crippen LogP contribution in [0.1, 0.15) is 67.7 Å². The van der Waals surface area contributed by atoms with Gasteiger partial charge < -0.3 is 10.2 Å². The van der Waals surface area contributed by atoms with Crippen LogP contribution in [0.15, 0.2) is 30.5 Å². The number of likely N-dealkylation sites (tertiary alicyclic amines) is 1. The minimum atomic E-state index is -0.278. The molecule has 2 unspecified atom stereocenters. The SMILES string of the molecule is Cc1cnn(C2CCCc3ccccc32)c1NC(=O)C1CC(=O)N(C2CCCC2)C1. The molecule has 1 aromatic heterocycles. The Morgan fingerprint density at radius 2 is 1.93 bits per heavy atom. The van der Waals surface area contributed by atoms with Gasteiger partial charge in [0.2, 0.25) is 11.8 Å². The van der Waals surface area contributed by atoms with Crippen LogP contribution < -0.4 is 5.32 Å². The van der Waals surface area contributed by atoms with E-state index in [1.165, 1.54) is 24.0 Å². The number of benzene rings is 1. The van der Waals surface area contributed by atoms with Crippen molar-refractivity contribution in [3.05, 3.63) is 47.2 Å². The van der Waals surface area contributed by atoms with Crippen LogP contribution in [0.3, 0.4) is 0 Å². The smallest absolute Gasteiger partial charge is 0.230 e. The number of aryl methyl sites for hydroxylation is 2. The summed E-state index contributed by atoms with van der Waals surface area (Å²) in [5.41, 5.74) is 3.63. The summed E-state index contributed by atoms with van der Waals surface area (Å²) in [6.45, 7) is 2.53. The topological polar surface area (TPSA) is 67.2 Å². The molecule has 2 amide bonds. The zero-order valence-electron chi connectivity index (χ0n) is 17.6. The average molecular weight is 407 g/mol. The molecule has 2 aliphatic carbocycles. The minimum absolute atomic E-state index is 0.0576. The molecule has 1 saturated carbocycles. The number of anilines is 1. The van der Waals surface area contributed by atoms with Gasteiger partial charge in [-0.25, -0.2) is 4.68 Å². The fourth-order valence-corrected chi connectivity index (χ4v) is 5.52. The van der Waals surface area contributed by atoms with Gasteiger partial charge in [-0.05, 0) is 50.2 Å². The predicted octanol–water partition coefficient (Wildman–Crippen LogP) is 3.85. The van der Waals surface area contributed by atoms with Crippen molar-refractivity contribution in [3.63, 3.8) is 0 Å². The lowest BCUT2D eigenvalue weighted by Crippen LogP contribution is -2.35. The Hall–Kier alpha value is -2.63. The molecule has 0 spiro atoms. The summed E-state index contributed by atoms with van der Waals surface area (Å²) < 4.78 is 1.98. The maximum Gasteiger partial charge on any atom is 0.230 e. The zero-order valence-corrected chi connectivity index (χ0v) is 17.6. The lowest BCUT2D eigenvalue weighted by molar-refractivity contribution is -0.129. The van der Waals surface area contributed by atoms with Gasteiger partial charge in [-0.2, -0.15) is 5.10 Å². The first kappa shape index (κ1) is 19.3. The van der Waals surface area contributed by atoms with Gasteiger partial charge in [-0.15, -0.1) is 0 Å². The molecule has 158 valence electrons. The van der Waals surface area contributed by atoms with E-state index in [0.717, 1.165) is 43.5 Å². The first-order valence-electron chi connectivity index (χ1n) is 11.3. The highest BCUT2D eigenvalue weighted by Crippen LogP contribution is 2.36. The zero-order chi connectivity index (χ0) is 20.7. The third-order valence-electron chi connectivity index (χ3n) is 7.15. The fourth-order valence-electron chi connectivity index (χ4n) is 5.52. The highest BCUT2D eigenvalue weighted by Gasteiger charge is 2.39.